The van der Waals surface area contributed by atoms with Gasteiger partial charge in [-0.25, -0.2) is 9.59 Å². The van der Waals surface area contributed by atoms with Crippen molar-refractivity contribution in [2.45, 2.75) is 57.3 Å². The van der Waals surface area contributed by atoms with Crippen molar-refractivity contribution in [1.29, 1.82) is 0 Å². The zero-order valence-electron chi connectivity index (χ0n) is 12.0. The van der Waals surface area contributed by atoms with E-state index in [4.69, 9.17) is 5.11 Å². The lowest BCUT2D eigenvalue weighted by Crippen LogP contribution is -2.37. The van der Waals surface area contributed by atoms with Crippen molar-refractivity contribution in [3.8, 4) is 0 Å². The summed E-state index contributed by atoms with van der Waals surface area (Å²) in [7, 11) is -1.78. The summed E-state index contributed by atoms with van der Waals surface area (Å²) in [5.41, 5.74) is 0.0416. The van der Waals surface area contributed by atoms with E-state index in [1.54, 1.807) is 0 Å². The van der Waals surface area contributed by atoms with E-state index < -0.39 is 20.0 Å². The standard InChI is InChI=1S/C14H24O4Si/c1-19(2,3)13(10-7-5-4-6-8-10)11(14(17)18)9-12(15)16/h9-10,13H,4-8H2,1-3H3,(H,15,16)(H,17,18)/b11-9+. The van der Waals surface area contributed by atoms with Gasteiger partial charge in [0.1, 0.15) is 0 Å². The van der Waals surface area contributed by atoms with Crippen molar-refractivity contribution < 1.29 is 19.8 Å². The Bertz CT molecular complexity index is 375. The molecule has 19 heavy (non-hydrogen) atoms. The highest BCUT2D eigenvalue weighted by atomic mass is 28.3. The Morgan fingerprint density at radius 3 is 2.00 bits per heavy atom. The van der Waals surface area contributed by atoms with Gasteiger partial charge in [-0.2, -0.15) is 0 Å². The summed E-state index contributed by atoms with van der Waals surface area (Å²) in [5.74, 6) is -1.89. The Kier molecular flexibility index (Phi) is 5.35. The summed E-state index contributed by atoms with van der Waals surface area (Å²) >= 11 is 0. The molecule has 1 aliphatic rings. The van der Waals surface area contributed by atoms with Crippen LogP contribution in [0.3, 0.4) is 0 Å². The third kappa shape index (κ3) is 4.49. The number of hydrogen-bond acceptors (Lipinski definition) is 2. The second-order valence-corrected chi connectivity index (χ2v) is 11.8. The van der Waals surface area contributed by atoms with E-state index in [1.165, 1.54) is 6.42 Å². The van der Waals surface area contributed by atoms with Gasteiger partial charge in [0, 0.05) is 11.6 Å². The largest absolute Gasteiger partial charge is 0.478 e. The number of carboxylic acids is 2. The number of hydrogen-bond donors (Lipinski definition) is 2. The van der Waals surface area contributed by atoms with Gasteiger partial charge in [-0.05, 0) is 11.5 Å². The molecule has 0 spiro atoms. The molecule has 1 aliphatic carbocycles. The lowest BCUT2D eigenvalue weighted by molar-refractivity contribution is -0.135. The van der Waals surface area contributed by atoms with Crippen molar-refractivity contribution >= 4 is 20.0 Å². The minimum Gasteiger partial charge on any atom is -0.478 e. The van der Waals surface area contributed by atoms with Crippen LogP contribution in [0.25, 0.3) is 0 Å². The molecule has 1 atom stereocenters. The highest BCUT2D eigenvalue weighted by Crippen LogP contribution is 2.44. The first-order valence-electron chi connectivity index (χ1n) is 6.91. The molecule has 0 radical (unpaired) electrons. The van der Waals surface area contributed by atoms with Crippen LogP contribution >= 0.6 is 0 Å². The maximum atomic E-state index is 11.5. The molecule has 0 aromatic rings. The molecule has 108 valence electrons. The van der Waals surface area contributed by atoms with Gasteiger partial charge >= 0.3 is 11.9 Å². The van der Waals surface area contributed by atoms with E-state index >= 15 is 0 Å². The smallest absolute Gasteiger partial charge is 0.331 e. The highest BCUT2D eigenvalue weighted by molar-refractivity contribution is 6.78. The van der Waals surface area contributed by atoms with E-state index in [0.717, 1.165) is 31.8 Å². The Morgan fingerprint density at radius 2 is 1.63 bits per heavy atom. The Balaban J connectivity index is 3.13. The molecule has 0 amide bonds. The van der Waals surface area contributed by atoms with Crippen LogP contribution in [0.4, 0.5) is 0 Å². The predicted octanol–water partition coefficient (Wildman–Crippen LogP) is 3.37. The van der Waals surface area contributed by atoms with Crippen molar-refractivity contribution in [3.63, 3.8) is 0 Å². The van der Waals surface area contributed by atoms with Gasteiger partial charge in [-0.1, -0.05) is 51.7 Å². The van der Waals surface area contributed by atoms with E-state index in [1.807, 2.05) is 0 Å². The molecule has 0 saturated heterocycles. The lowest BCUT2D eigenvalue weighted by Gasteiger charge is -2.38. The number of rotatable bonds is 5. The van der Waals surface area contributed by atoms with Crippen LogP contribution in [0.5, 0.6) is 0 Å². The lowest BCUT2D eigenvalue weighted by atomic mass is 9.84. The van der Waals surface area contributed by atoms with E-state index in [2.05, 4.69) is 19.6 Å². The van der Waals surface area contributed by atoms with Gasteiger partial charge in [-0.15, -0.1) is 0 Å². The topological polar surface area (TPSA) is 74.6 Å². The highest BCUT2D eigenvalue weighted by Gasteiger charge is 2.39. The molecule has 4 nitrogen and oxygen atoms in total. The maximum Gasteiger partial charge on any atom is 0.331 e. The summed E-state index contributed by atoms with van der Waals surface area (Å²) in [6.07, 6.45) is 6.44. The maximum absolute atomic E-state index is 11.5. The molecule has 2 N–H and O–H groups in total. The monoisotopic (exact) mass is 284 g/mol. The van der Waals surface area contributed by atoms with Crippen LogP contribution < -0.4 is 0 Å². The zero-order valence-corrected chi connectivity index (χ0v) is 13.0. The quantitative estimate of drug-likeness (QED) is 0.599. The van der Waals surface area contributed by atoms with Crippen LogP contribution in [-0.4, -0.2) is 30.2 Å². The number of carboxylic acid groups (broad SMARTS) is 2. The summed E-state index contributed by atoms with van der Waals surface area (Å²) < 4.78 is 0. The van der Waals surface area contributed by atoms with E-state index in [9.17, 15) is 14.7 Å². The predicted molar refractivity (Wildman–Crippen MR) is 77.0 cm³/mol. The molecule has 1 rings (SSSR count). The summed E-state index contributed by atoms with van der Waals surface area (Å²) in [6, 6.07) is 0. The van der Waals surface area contributed by atoms with Crippen molar-refractivity contribution in [1.82, 2.24) is 0 Å². The molecule has 1 fully saturated rings. The first-order chi connectivity index (χ1) is 8.73. The average Bonchev–Trinajstić information content (AvgIpc) is 2.27. The zero-order chi connectivity index (χ0) is 14.6. The fourth-order valence-corrected chi connectivity index (χ4v) is 6.20. The third-order valence-electron chi connectivity index (χ3n) is 3.92. The van der Waals surface area contributed by atoms with E-state index in [-0.39, 0.29) is 11.1 Å². The molecular formula is C14H24O4Si. The molecule has 1 saturated carbocycles. The molecular weight excluding hydrogens is 260 g/mol. The molecule has 1 unspecified atom stereocenters. The first kappa shape index (κ1) is 16.0. The van der Waals surface area contributed by atoms with Gasteiger partial charge in [-0.3, -0.25) is 0 Å². The summed E-state index contributed by atoms with van der Waals surface area (Å²) in [4.78, 5) is 22.4. The van der Waals surface area contributed by atoms with Crippen molar-refractivity contribution in [2.75, 3.05) is 0 Å². The van der Waals surface area contributed by atoms with Crippen LogP contribution in [-0.2, 0) is 9.59 Å². The minimum atomic E-state index is -1.78. The van der Waals surface area contributed by atoms with Crippen LogP contribution in [0.1, 0.15) is 32.1 Å². The molecule has 0 aliphatic heterocycles. The average molecular weight is 284 g/mol. The van der Waals surface area contributed by atoms with Gasteiger partial charge in [0.05, 0.1) is 8.07 Å². The SMILES string of the molecule is C[Si](C)(C)C(/C(=C\C(=O)O)C(=O)O)C1CCCCC1. The molecule has 0 aromatic heterocycles. The second kappa shape index (κ2) is 6.37. The summed E-state index contributed by atoms with van der Waals surface area (Å²) in [6.45, 7) is 6.39. The number of carbonyl (C=O) groups is 2. The van der Waals surface area contributed by atoms with Crippen LogP contribution in [0.15, 0.2) is 11.6 Å². The van der Waals surface area contributed by atoms with Gasteiger partial charge in [0.2, 0.25) is 0 Å². The van der Waals surface area contributed by atoms with Crippen molar-refractivity contribution in [3.05, 3.63) is 11.6 Å². The van der Waals surface area contributed by atoms with Crippen LogP contribution in [0.2, 0.25) is 25.2 Å². The third-order valence-corrected chi connectivity index (χ3v) is 6.56. The molecule has 0 bridgehead atoms. The normalized spacial score (nSPS) is 20.1. The second-order valence-electron chi connectivity index (χ2n) is 6.48. The first-order valence-corrected chi connectivity index (χ1v) is 10.5. The Morgan fingerprint density at radius 1 is 1.11 bits per heavy atom. The fourth-order valence-electron chi connectivity index (χ4n) is 3.31. The molecule has 0 aromatic carbocycles. The van der Waals surface area contributed by atoms with Gasteiger partial charge in [0.25, 0.3) is 0 Å². The molecule has 5 heteroatoms. The number of aliphatic carboxylic acids is 2. The summed E-state index contributed by atoms with van der Waals surface area (Å²) in [5, 5.41) is 18.3. The molecule has 0 heterocycles. The van der Waals surface area contributed by atoms with Crippen molar-refractivity contribution in [2.24, 2.45) is 5.92 Å². The Hall–Kier alpha value is -1.10. The van der Waals surface area contributed by atoms with E-state index in [0.29, 0.717) is 5.92 Å². The fraction of sp³-hybridized carbons (Fsp3) is 0.714. The van der Waals surface area contributed by atoms with Crippen LogP contribution in [0, 0.1) is 5.92 Å². The Labute approximate surface area is 115 Å². The minimum absolute atomic E-state index is 0.0681. The van der Waals surface area contributed by atoms with Gasteiger partial charge < -0.3 is 10.2 Å². The van der Waals surface area contributed by atoms with Gasteiger partial charge in [0.15, 0.2) is 0 Å².